The average molecular weight is 351 g/mol. The summed E-state index contributed by atoms with van der Waals surface area (Å²) in [7, 11) is 0. The predicted molar refractivity (Wildman–Crippen MR) is 91.5 cm³/mol. The lowest BCUT2D eigenvalue weighted by atomic mass is 10.2. The van der Waals surface area contributed by atoms with Crippen molar-refractivity contribution in [2.45, 2.75) is 13.2 Å². The van der Waals surface area contributed by atoms with Crippen LogP contribution in [0.5, 0.6) is 5.75 Å². The first-order valence-electron chi connectivity index (χ1n) is 7.76. The molecule has 6 nitrogen and oxygen atoms in total. The minimum absolute atomic E-state index is 0.155. The van der Waals surface area contributed by atoms with Gasteiger partial charge < -0.3 is 19.5 Å². The molecule has 0 bridgehead atoms. The molecule has 3 rings (SSSR count). The van der Waals surface area contributed by atoms with Gasteiger partial charge in [0, 0.05) is 32.2 Å². The standard InChI is InChI=1S/C17H19ClN2O4/c18-13-3-1-2-4-14(13)20-7-5-19(6-8-20)10-16-17(23)15(22)9-12(11-21)24-16/h1-4,9,21,23H,5-8,10-11H2. The first-order chi connectivity index (χ1) is 11.6. The van der Waals surface area contributed by atoms with Gasteiger partial charge in [0.1, 0.15) is 12.4 Å². The topological polar surface area (TPSA) is 77.2 Å². The van der Waals surface area contributed by atoms with Crippen LogP contribution in [0.25, 0.3) is 0 Å². The van der Waals surface area contributed by atoms with E-state index in [-0.39, 0.29) is 23.9 Å². The molecule has 1 aliphatic heterocycles. The number of aliphatic hydroxyl groups excluding tert-OH is 1. The van der Waals surface area contributed by atoms with E-state index in [1.54, 1.807) is 0 Å². The highest BCUT2D eigenvalue weighted by Gasteiger charge is 2.21. The predicted octanol–water partition coefficient (Wildman–Crippen LogP) is 1.81. The van der Waals surface area contributed by atoms with E-state index in [2.05, 4.69) is 9.80 Å². The Kier molecular flexibility index (Phi) is 5.08. The minimum Gasteiger partial charge on any atom is -0.502 e. The number of benzene rings is 1. The number of piperazine rings is 1. The fraction of sp³-hybridized carbons (Fsp3) is 0.353. The summed E-state index contributed by atoms with van der Waals surface area (Å²) in [4.78, 5) is 16.0. The molecule has 7 heteroatoms. The molecular weight excluding hydrogens is 332 g/mol. The molecule has 0 aliphatic carbocycles. The molecule has 24 heavy (non-hydrogen) atoms. The lowest BCUT2D eigenvalue weighted by molar-refractivity contribution is 0.200. The molecule has 1 saturated heterocycles. The van der Waals surface area contributed by atoms with E-state index in [0.29, 0.717) is 6.54 Å². The Hall–Kier alpha value is -2.02. The second-order valence-electron chi connectivity index (χ2n) is 5.72. The number of nitrogens with zero attached hydrogens (tertiary/aromatic N) is 2. The van der Waals surface area contributed by atoms with E-state index in [1.165, 1.54) is 0 Å². The number of halogens is 1. The number of aromatic hydroxyl groups is 1. The summed E-state index contributed by atoms with van der Waals surface area (Å²) in [6.07, 6.45) is 0. The van der Waals surface area contributed by atoms with Crippen LogP contribution in [-0.4, -0.2) is 41.3 Å². The zero-order valence-corrected chi connectivity index (χ0v) is 13.9. The molecule has 0 atom stereocenters. The van der Waals surface area contributed by atoms with Gasteiger partial charge in [0.15, 0.2) is 5.76 Å². The zero-order valence-electron chi connectivity index (χ0n) is 13.1. The summed E-state index contributed by atoms with van der Waals surface area (Å²) in [5.74, 6) is -0.0408. The van der Waals surface area contributed by atoms with E-state index >= 15 is 0 Å². The summed E-state index contributed by atoms with van der Waals surface area (Å²) in [6, 6.07) is 8.83. The Morgan fingerprint density at radius 2 is 1.88 bits per heavy atom. The Bertz CT molecular complexity index is 769. The van der Waals surface area contributed by atoms with Crippen molar-refractivity contribution in [3.63, 3.8) is 0 Å². The van der Waals surface area contributed by atoms with E-state index in [4.69, 9.17) is 21.1 Å². The smallest absolute Gasteiger partial charge is 0.227 e. The van der Waals surface area contributed by atoms with E-state index < -0.39 is 5.43 Å². The monoisotopic (exact) mass is 350 g/mol. The molecule has 1 aromatic carbocycles. The van der Waals surface area contributed by atoms with Gasteiger partial charge >= 0.3 is 0 Å². The summed E-state index contributed by atoms with van der Waals surface area (Å²) in [5.41, 5.74) is 0.477. The molecule has 2 N–H and O–H groups in total. The number of hydrogen-bond donors (Lipinski definition) is 2. The van der Waals surface area contributed by atoms with Gasteiger partial charge in [0.05, 0.1) is 17.3 Å². The third-order valence-corrected chi connectivity index (χ3v) is 4.45. The van der Waals surface area contributed by atoms with Gasteiger partial charge in [0.2, 0.25) is 11.2 Å². The minimum atomic E-state index is -0.532. The van der Waals surface area contributed by atoms with Gasteiger partial charge in [-0.25, -0.2) is 0 Å². The van der Waals surface area contributed by atoms with Crippen LogP contribution < -0.4 is 10.3 Å². The highest BCUT2D eigenvalue weighted by molar-refractivity contribution is 6.33. The van der Waals surface area contributed by atoms with Gasteiger partial charge in [-0.2, -0.15) is 0 Å². The average Bonchev–Trinajstić information content (AvgIpc) is 2.60. The van der Waals surface area contributed by atoms with Crippen LogP contribution >= 0.6 is 11.6 Å². The molecule has 0 amide bonds. The van der Waals surface area contributed by atoms with Gasteiger partial charge in [-0.1, -0.05) is 23.7 Å². The van der Waals surface area contributed by atoms with Crippen molar-refractivity contribution in [1.82, 2.24) is 4.90 Å². The summed E-state index contributed by atoms with van der Waals surface area (Å²) < 4.78 is 5.40. The number of hydrogen-bond acceptors (Lipinski definition) is 6. The van der Waals surface area contributed by atoms with E-state index in [1.807, 2.05) is 24.3 Å². The molecule has 1 aliphatic rings. The molecule has 2 aromatic rings. The Balaban J connectivity index is 1.67. The zero-order chi connectivity index (χ0) is 17.1. The van der Waals surface area contributed by atoms with Crippen LogP contribution in [-0.2, 0) is 13.2 Å². The lowest BCUT2D eigenvalue weighted by Gasteiger charge is -2.36. The van der Waals surface area contributed by atoms with Crippen molar-refractivity contribution in [1.29, 1.82) is 0 Å². The fourth-order valence-electron chi connectivity index (χ4n) is 2.83. The van der Waals surface area contributed by atoms with Crippen molar-refractivity contribution < 1.29 is 14.6 Å². The van der Waals surface area contributed by atoms with Gasteiger partial charge in [-0.15, -0.1) is 0 Å². The SMILES string of the molecule is O=c1cc(CO)oc(CN2CCN(c3ccccc3Cl)CC2)c1O. The van der Waals surface area contributed by atoms with Crippen LogP contribution in [0.2, 0.25) is 5.02 Å². The van der Waals surface area contributed by atoms with Crippen molar-refractivity contribution in [3.8, 4) is 5.75 Å². The Morgan fingerprint density at radius 1 is 1.17 bits per heavy atom. The summed E-state index contributed by atoms with van der Waals surface area (Å²) in [6.45, 7) is 3.02. The number of anilines is 1. The number of para-hydroxylation sites is 1. The third kappa shape index (κ3) is 3.56. The summed E-state index contributed by atoms with van der Waals surface area (Å²) >= 11 is 6.23. The molecule has 2 heterocycles. The normalized spacial score (nSPS) is 15.7. The molecule has 1 fully saturated rings. The Morgan fingerprint density at radius 3 is 2.54 bits per heavy atom. The van der Waals surface area contributed by atoms with Gasteiger partial charge in [-0.3, -0.25) is 9.69 Å². The maximum Gasteiger partial charge on any atom is 0.227 e. The van der Waals surface area contributed by atoms with Crippen LogP contribution in [0, 0.1) is 0 Å². The van der Waals surface area contributed by atoms with Crippen LogP contribution in [0.3, 0.4) is 0 Å². The van der Waals surface area contributed by atoms with Crippen molar-refractivity contribution in [2.75, 3.05) is 31.1 Å². The first-order valence-corrected chi connectivity index (χ1v) is 8.14. The molecular formula is C17H19ClN2O4. The highest BCUT2D eigenvalue weighted by atomic mass is 35.5. The molecule has 0 unspecified atom stereocenters. The van der Waals surface area contributed by atoms with Crippen LogP contribution in [0.4, 0.5) is 5.69 Å². The van der Waals surface area contributed by atoms with Crippen LogP contribution in [0.1, 0.15) is 11.5 Å². The van der Waals surface area contributed by atoms with Crippen LogP contribution in [0.15, 0.2) is 39.5 Å². The van der Waals surface area contributed by atoms with Gasteiger partial charge in [-0.05, 0) is 12.1 Å². The van der Waals surface area contributed by atoms with Crippen molar-refractivity contribution in [2.24, 2.45) is 0 Å². The second-order valence-corrected chi connectivity index (χ2v) is 6.13. The largest absolute Gasteiger partial charge is 0.502 e. The highest BCUT2D eigenvalue weighted by Crippen LogP contribution is 2.26. The lowest BCUT2D eigenvalue weighted by Crippen LogP contribution is -2.46. The fourth-order valence-corrected chi connectivity index (χ4v) is 3.09. The first kappa shape index (κ1) is 16.8. The molecule has 1 aromatic heterocycles. The number of aliphatic hydroxyl groups is 1. The molecule has 0 radical (unpaired) electrons. The maximum atomic E-state index is 11.7. The van der Waals surface area contributed by atoms with Crippen molar-refractivity contribution in [3.05, 3.63) is 57.1 Å². The van der Waals surface area contributed by atoms with E-state index in [0.717, 1.165) is 43.0 Å². The third-order valence-electron chi connectivity index (χ3n) is 4.13. The maximum absolute atomic E-state index is 11.7. The molecule has 128 valence electrons. The van der Waals surface area contributed by atoms with Gasteiger partial charge in [0.25, 0.3) is 0 Å². The molecule has 0 saturated carbocycles. The van der Waals surface area contributed by atoms with E-state index in [9.17, 15) is 9.90 Å². The number of rotatable bonds is 4. The molecule has 0 spiro atoms. The summed E-state index contributed by atoms with van der Waals surface area (Å²) in [5, 5.41) is 19.7. The van der Waals surface area contributed by atoms with Crippen molar-refractivity contribution >= 4 is 17.3 Å². The second kappa shape index (κ2) is 7.25. The quantitative estimate of drug-likeness (QED) is 0.875. The Labute approximate surface area is 144 Å².